The van der Waals surface area contributed by atoms with E-state index in [0.717, 1.165) is 16.8 Å². The van der Waals surface area contributed by atoms with Gasteiger partial charge in [-0.25, -0.2) is 19.7 Å². The smallest absolute Gasteiger partial charge is 0.349 e. The normalized spacial score (nSPS) is 13.8. The molecule has 0 unspecified atom stereocenters. The number of aromatic nitrogens is 3. The zero-order valence-corrected chi connectivity index (χ0v) is 19.0. The Labute approximate surface area is 196 Å². The SMILES string of the molecule is Cc1ccnc(Nc2cc(N3CCN(C(=O)c4cc5ccccc5oc4=O)CC3)nc(C)n2)c1. The number of aryl methyl sites for hydroxylation is 2. The minimum Gasteiger partial charge on any atom is -0.422 e. The third kappa shape index (κ3) is 4.45. The van der Waals surface area contributed by atoms with Crippen molar-refractivity contribution in [3.8, 4) is 0 Å². The molecular weight excluding hydrogens is 432 g/mol. The molecule has 5 rings (SSSR count). The summed E-state index contributed by atoms with van der Waals surface area (Å²) in [5.74, 6) is 2.48. The number of piperazine rings is 1. The van der Waals surface area contributed by atoms with Crippen molar-refractivity contribution < 1.29 is 9.21 Å². The van der Waals surface area contributed by atoms with E-state index in [9.17, 15) is 9.59 Å². The van der Waals surface area contributed by atoms with Gasteiger partial charge in [0.25, 0.3) is 5.91 Å². The van der Waals surface area contributed by atoms with Gasteiger partial charge < -0.3 is 19.5 Å². The van der Waals surface area contributed by atoms with Gasteiger partial charge in [0, 0.05) is 43.8 Å². The average molecular weight is 457 g/mol. The number of para-hydroxylation sites is 1. The quantitative estimate of drug-likeness (QED) is 0.467. The highest BCUT2D eigenvalue weighted by Gasteiger charge is 2.26. The second-order valence-electron chi connectivity index (χ2n) is 8.27. The lowest BCUT2D eigenvalue weighted by molar-refractivity contribution is 0.0742. The molecule has 1 saturated heterocycles. The molecule has 1 aromatic carbocycles. The maximum atomic E-state index is 13.1. The number of nitrogens with zero attached hydrogens (tertiary/aromatic N) is 5. The number of anilines is 3. The molecule has 4 aromatic rings. The van der Waals surface area contributed by atoms with E-state index < -0.39 is 5.63 Å². The Morgan fingerprint density at radius 1 is 0.971 bits per heavy atom. The van der Waals surface area contributed by atoms with Crippen LogP contribution in [0.2, 0.25) is 0 Å². The Hall–Kier alpha value is -4.27. The van der Waals surface area contributed by atoms with E-state index in [1.54, 1.807) is 29.3 Å². The molecule has 1 aliphatic rings. The Morgan fingerprint density at radius 2 is 1.76 bits per heavy atom. The van der Waals surface area contributed by atoms with Crippen LogP contribution >= 0.6 is 0 Å². The maximum Gasteiger partial charge on any atom is 0.349 e. The fourth-order valence-corrected chi connectivity index (χ4v) is 4.03. The van der Waals surface area contributed by atoms with Crippen molar-refractivity contribution in [2.45, 2.75) is 13.8 Å². The highest BCUT2D eigenvalue weighted by molar-refractivity contribution is 5.96. The fourth-order valence-electron chi connectivity index (χ4n) is 4.03. The van der Waals surface area contributed by atoms with Gasteiger partial charge in [0.2, 0.25) is 0 Å². The number of hydrogen-bond acceptors (Lipinski definition) is 8. The summed E-state index contributed by atoms with van der Waals surface area (Å²) in [6.07, 6.45) is 1.75. The number of rotatable bonds is 4. The van der Waals surface area contributed by atoms with Gasteiger partial charge >= 0.3 is 5.63 Å². The zero-order valence-electron chi connectivity index (χ0n) is 19.0. The third-order valence-electron chi connectivity index (χ3n) is 5.76. The maximum absolute atomic E-state index is 13.1. The van der Waals surface area contributed by atoms with Gasteiger partial charge in [-0.05, 0) is 43.7 Å². The van der Waals surface area contributed by atoms with Crippen molar-refractivity contribution in [1.29, 1.82) is 0 Å². The molecule has 0 radical (unpaired) electrons. The number of carbonyl (C=O) groups is 1. The summed E-state index contributed by atoms with van der Waals surface area (Å²) in [4.78, 5) is 42.6. The first-order chi connectivity index (χ1) is 16.5. The molecular formula is C25H24N6O3. The molecule has 1 N–H and O–H groups in total. The second kappa shape index (κ2) is 8.93. The number of hydrogen-bond donors (Lipinski definition) is 1. The lowest BCUT2D eigenvalue weighted by Gasteiger charge is -2.35. The lowest BCUT2D eigenvalue weighted by atomic mass is 10.1. The van der Waals surface area contributed by atoms with E-state index >= 15 is 0 Å². The summed E-state index contributed by atoms with van der Waals surface area (Å²) in [5.41, 5.74) is 1.02. The highest BCUT2D eigenvalue weighted by Crippen LogP contribution is 2.21. The van der Waals surface area contributed by atoms with Crippen LogP contribution in [0.25, 0.3) is 11.0 Å². The molecule has 1 amide bonds. The summed E-state index contributed by atoms with van der Waals surface area (Å²) in [7, 11) is 0. The number of benzene rings is 1. The van der Waals surface area contributed by atoms with Crippen molar-refractivity contribution in [1.82, 2.24) is 19.9 Å². The fraction of sp³-hybridized carbons (Fsp3) is 0.240. The van der Waals surface area contributed by atoms with E-state index in [4.69, 9.17) is 4.42 Å². The molecule has 4 heterocycles. The van der Waals surface area contributed by atoms with E-state index in [0.29, 0.717) is 49.2 Å². The number of amides is 1. The molecule has 0 atom stereocenters. The molecule has 9 nitrogen and oxygen atoms in total. The number of pyridine rings is 1. The Kier molecular flexibility index (Phi) is 5.67. The standard InChI is InChI=1S/C25H24N6O3/c1-16-7-8-26-21(13-16)29-22-15-23(28-17(2)27-22)30-9-11-31(12-10-30)24(32)19-14-18-5-3-4-6-20(18)34-25(19)33/h3-8,13-15H,9-12H2,1-2H3,(H,26,27,28,29). The van der Waals surface area contributed by atoms with Crippen molar-refractivity contribution in [3.05, 3.63) is 82.1 Å². The monoisotopic (exact) mass is 456 g/mol. The van der Waals surface area contributed by atoms with Crippen LogP contribution < -0.4 is 15.8 Å². The first-order valence-corrected chi connectivity index (χ1v) is 11.1. The summed E-state index contributed by atoms with van der Waals surface area (Å²) in [5, 5.41) is 3.96. The molecule has 0 bridgehead atoms. The largest absolute Gasteiger partial charge is 0.422 e. The van der Waals surface area contributed by atoms with Crippen molar-refractivity contribution in [2.24, 2.45) is 0 Å². The van der Waals surface area contributed by atoms with Crippen LogP contribution in [0.15, 0.2) is 63.9 Å². The molecule has 3 aromatic heterocycles. The zero-order chi connectivity index (χ0) is 23.7. The van der Waals surface area contributed by atoms with Gasteiger partial charge in [-0.3, -0.25) is 4.79 Å². The number of fused-ring (bicyclic) bond motifs is 1. The Balaban J connectivity index is 1.30. The summed E-state index contributed by atoms with van der Waals surface area (Å²) < 4.78 is 5.34. The highest BCUT2D eigenvalue weighted by atomic mass is 16.4. The molecule has 0 spiro atoms. The van der Waals surface area contributed by atoms with Crippen LogP contribution in [0.4, 0.5) is 17.5 Å². The summed E-state index contributed by atoms with van der Waals surface area (Å²) >= 11 is 0. The predicted octanol–water partition coefficient (Wildman–Crippen LogP) is 3.30. The number of nitrogens with one attached hydrogen (secondary N) is 1. The molecule has 172 valence electrons. The van der Waals surface area contributed by atoms with E-state index in [-0.39, 0.29) is 11.5 Å². The molecule has 34 heavy (non-hydrogen) atoms. The van der Waals surface area contributed by atoms with Crippen LogP contribution in [0.1, 0.15) is 21.7 Å². The molecule has 9 heteroatoms. The molecule has 1 fully saturated rings. The Bertz CT molecular complexity index is 1430. The molecule has 0 saturated carbocycles. The summed E-state index contributed by atoms with van der Waals surface area (Å²) in [6.45, 7) is 5.96. The van der Waals surface area contributed by atoms with E-state index in [1.165, 1.54) is 0 Å². The minimum absolute atomic E-state index is 0.0576. The first-order valence-electron chi connectivity index (χ1n) is 11.1. The van der Waals surface area contributed by atoms with Crippen LogP contribution in [0.5, 0.6) is 0 Å². The Morgan fingerprint density at radius 3 is 2.56 bits per heavy atom. The molecule has 0 aliphatic carbocycles. The van der Waals surface area contributed by atoms with Gasteiger partial charge in [-0.15, -0.1) is 0 Å². The van der Waals surface area contributed by atoms with Gasteiger partial charge in [0.1, 0.15) is 34.4 Å². The van der Waals surface area contributed by atoms with Gasteiger partial charge in [-0.2, -0.15) is 0 Å². The van der Waals surface area contributed by atoms with E-state index in [2.05, 4.69) is 25.2 Å². The van der Waals surface area contributed by atoms with Gasteiger partial charge in [-0.1, -0.05) is 18.2 Å². The van der Waals surface area contributed by atoms with Gasteiger partial charge in [0.15, 0.2) is 0 Å². The third-order valence-corrected chi connectivity index (χ3v) is 5.76. The minimum atomic E-state index is -0.613. The van der Waals surface area contributed by atoms with Crippen molar-refractivity contribution in [3.63, 3.8) is 0 Å². The second-order valence-corrected chi connectivity index (χ2v) is 8.27. The van der Waals surface area contributed by atoms with E-state index in [1.807, 2.05) is 44.2 Å². The lowest BCUT2D eigenvalue weighted by Crippen LogP contribution is -2.49. The van der Waals surface area contributed by atoms with Crippen LogP contribution in [0.3, 0.4) is 0 Å². The topological polar surface area (TPSA) is 104 Å². The van der Waals surface area contributed by atoms with Crippen LogP contribution in [-0.4, -0.2) is 51.9 Å². The van der Waals surface area contributed by atoms with Crippen LogP contribution in [-0.2, 0) is 0 Å². The van der Waals surface area contributed by atoms with Gasteiger partial charge in [0.05, 0.1) is 0 Å². The first kappa shape index (κ1) is 21.6. The number of carbonyl (C=O) groups excluding carboxylic acids is 1. The van der Waals surface area contributed by atoms with Crippen molar-refractivity contribution >= 4 is 34.3 Å². The average Bonchev–Trinajstić information content (AvgIpc) is 2.83. The summed E-state index contributed by atoms with van der Waals surface area (Å²) in [6, 6.07) is 14.5. The van der Waals surface area contributed by atoms with Crippen molar-refractivity contribution in [2.75, 3.05) is 36.4 Å². The predicted molar refractivity (Wildman–Crippen MR) is 130 cm³/mol. The molecule has 1 aliphatic heterocycles. The van der Waals surface area contributed by atoms with Crippen LogP contribution in [0, 0.1) is 13.8 Å².